The Morgan fingerprint density at radius 3 is 2.04 bits per heavy atom. The molecule has 0 saturated heterocycles. The number of hydrogen-bond donors (Lipinski definition) is 1. The fourth-order valence-corrected chi connectivity index (χ4v) is 4.77. The Hall–Kier alpha value is -0.860. The Morgan fingerprint density at radius 2 is 1.52 bits per heavy atom. The second-order valence-corrected chi connectivity index (χ2v) is 7.52. The van der Waals surface area contributed by atoms with Crippen molar-refractivity contribution in [1.82, 2.24) is 19.1 Å². The van der Waals surface area contributed by atoms with Gasteiger partial charge in [0.2, 0.25) is 0 Å². The van der Waals surface area contributed by atoms with Gasteiger partial charge in [-0.05, 0) is 27.7 Å². The maximum absolute atomic E-state index is 8.38. The first-order valence-electron chi connectivity index (χ1n) is 8.37. The number of rotatable bonds is 10. The van der Waals surface area contributed by atoms with E-state index in [4.69, 9.17) is 19.0 Å². The maximum Gasteiger partial charge on any atom is 0.413 e. The van der Waals surface area contributed by atoms with E-state index in [-0.39, 0.29) is 17.0 Å². The van der Waals surface area contributed by atoms with Crippen LogP contribution in [0.2, 0.25) is 0 Å². The topological polar surface area (TPSA) is 87.2 Å². The first-order chi connectivity index (χ1) is 11.6. The highest BCUT2D eigenvalue weighted by molar-refractivity contribution is 7.61. The number of fused-ring (bicyclic) bond motifs is 1. The first kappa shape index (κ1) is 22.2. The maximum atomic E-state index is 8.38. The largest absolute Gasteiger partial charge is 1.00 e. The number of aryl methyl sites for hydroxylation is 2. The second kappa shape index (κ2) is 10.3. The molecular weight excluding hydrogens is 409 g/mol. The van der Waals surface area contributed by atoms with E-state index >= 15 is 0 Å². The van der Waals surface area contributed by atoms with Crippen molar-refractivity contribution in [2.45, 2.75) is 40.8 Å². The summed E-state index contributed by atoms with van der Waals surface area (Å²) in [6.45, 7) is 10.7. The van der Waals surface area contributed by atoms with E-state index < -0.39 is 7.94 Å². The van der Waals surface area contributed by atoms with Gasteiger partial charge in [-0.25, -0.2) is 9.97 Å². The van der Waals surface area contributed by atoms with Crippen LogP contribution in [-0.4, -0.2) is 45.1 Å². The lowest BCUT2D eigenvalue weighted by Gasteiger charge is -2.21. The molecule has 0 aromatic carbocycles. The van der Waals surface area contributed by atoms with Crippen LogP contribution in [0.3, 0.4) is 0 Å². The molecule has 0 aliphatic heterocycles. The predicted molar refractivity (Wildman–Crippen MR) is 93.7 cm³/mol. The van der Waals surface area contributed by atoms with E-state index in [1.54, 1.807) is 17.2 Å². The molecule has 142 valence electrons. The minimum Gasteiger partial charge on any atom is -1.00 e. The van der Waals surface area contributed by atoms with Crippen LogP contribution in [0, 0.1) is 5.41 Å². The monoisotopic (exact) mass is 435 g/mol. The standard InChI is InChI=1S/C15H27N5O3P.BrH/c1-5-19-11-17-13-14(16)20(12-18-15(13)19)9-10-24(21-6-2,22-7-3)23-8-4;/h11-12,16H,5-10H2,1-4H3;1H/q+1;/p-1. The number of imidazole rings is 1. The van der Waals surface area contributed by atoms with Crippen molar-refractivity contribution in [2.24, 2.45) is 0 Å². The van der Waals surface area contributed by atoms with Gasteiger partial charge in [0.25, 0.3) is 0 Å². The summed E-state index contributed by atoms with van der Waals surface area (Å²) in [5.74, 6) is 0. The predicted octanol–water partition coefficient (Wildman–Crippen LogP) is -0.392. The minimum atomic E-state index is -2.40. The number of halogens is 1. The fraction of sp³-hybridized carbons (Fsp3) is 0.667. The molecular formula is C15H27BrN5O3P. The second-order valence-electron chi connectivity index (χ2n) is 5.08. The number of nitrogens with one attached hydrogen (secondary N) is 1. The van der Waals surface area contributed by atoms with Crippen LogP contribution >= 0.6 is 7.94 Å². The highest BCUT2D eigenvalue weighted by Gasteiger charge is 2.43. The molecule has 0 amide bonds. The van der Waals surface area contributed by atoms with Crippen molar-refractivity contribution in [3.05, 3.63) is 18.1 Å². The third-order valence-electron chi connectivity index (χ3n) is 3.57. The quantitative estimate of drug-likeness (QED) is 0.513. The summed E-state index contributed by atoms with van der Waals surface area (Å²) in [4.78, 5) is 8.76. The Morgan fingerprint density at radius 1 is 0.960 bits per heavy atom. The van der Waals surface area contributed by atoms with Crippen molar-refractivity contribution in [1.29, 1.82) is 5.41 Å². The van der Waals surface area contributed by atoms with Gasteiger partial charge < -0.3 is 26.1 Å². The Balaban J connectivity index is 0.00000312. The highest BCUT2D eigenvalue weighted by Crippen LogP contribution is 2.61. The van der Waals surface area contributed by atoms with E-state index in [9.17, 15) is 0 Å². The summed E-state index contributed by atoms with van der Waals surface area (Å²) >= 11 is 0. The van der Waals surface area contributed by atoms with E-state index in [2.05, 4.69) is 9.97 Å². The molecule has 0 atom stereocenters. The van der Waals surface area contributed by atoms with Crippen molar-refractivity contribution in [2.75, 3.05) is 26.0 Å². The number of hydrogen-bond acceptors (Lipinski definition) is 6. The van der Waals surface area contributed by atoms with Gasteiger partial charge in [0.05, 0.1) is 39.0 Å². The summed E-state index contributed by atoms with van der Waals surface area (Å²) < 4.78 is 21.2. The zero-order valence-electron chi connectivity index (χ0n) is 15.2. The zero-order valence-corrected chi connectivity index (χ0v) is 17.7. The van der Waals surface area contributed by atoms with Gasteiger partial charge >= 0.3 is 7.94 Å². The minimum absolute atomic E-state index is 0. The molecule has 2 heterocycles. The number of aromatic nitrogens is 4. The van der Waals surface area contributed by atoms with Gasteiger partial charge in [0, 0.05) is 6.54 Å². The highest BCUT2D eigenvalue weighted by atomic mass is 79.9. The number of nitrogens with zero attached hydrogens (tertiary/aromatic N) is 4. The molecule has 0 radical (unpaired) electrons. The molecule has 2 rings (SSSR count). The summed E-state index contributed by atoms with van der Waals surface area (Å²) in [6, 6.07) is 0. The normalized spacial score (nSPS) is 11.7. The molecule has 0 bridgehead atoms. The molecule has 8 nitrogen and oxygen atoms in total. The van der Waals surface area contributed by atoms with E-state index in [0.717, 1.165) is 12.2 Å². The van der Waals surface area contributed by atoms with Crippen molar-refractivity contribution < 1.29 is 30.6 Å². The average molecular weight is 436 g/mol. The molecule has 10 heteroatoms. The lowest BCUT2D eigenvalue weighted by Crippen LogP contribution is -3.00. The van der Waals surface area contributed by atoms with E-state index in [1.165, 1.54) is 0 Å². The SMILES string of the molecule is CCO[P+](CCn1cnc2c(ncn2CC)c1=N)(OCC)OCC.[Br-]. The molecule has 0 aliphatic carbocycles. The van der Waals surface area contributed by atoms with Crippen LogP contribution < -0.4 is 22.5 Å². The van der Waals surface area contributed by atoms with Gasteiger partial charge in [-0.1, -0.05) is 0 Å². The molecule has 0 saturated carbocycles. The Kier molecular flexibility index (Phi) is 9.16. The first-order valence-corrected chi connectivity index (χ1v) is 10.1. The molecule has 0 spiro atoms. The average Bonchev–Trinajstić information content (AvgIpc) is 2.99. The van der Waals surface area contributed by atoms with Gasteiger partial charge in [-0.15, -0.1) is 0 Å². The summed E-state index contributed by atoms with van der Waals surface area (Å²) in [5, 5.41) is 8.38. The molecule has 2 aromatic rings. The van der Waals surface area contributed by atoms with Crippen LogP contribution in [0.25, 0.3) is 11.2 Å². The lowest BCUT2D eigenvalue weighted by atomic mass is 10.5. The van der Waals surface area contributed by atoms with Crippen LogP contribution in [0.15, 0.2) is 12.7 Å². The van der Waals surface area contributed by atoms with E-state index in [1.807, 2.05) is 32.3 Å². The lowest BCUT2D eigenvalue weighted by molar-refractivity contribution is -0.0000112. The molecule has 0 unspecified atom stereocenters. The zero-order chi connectivity index (χ0) is 17.6. The van der Waals surface area contributed by atoms with Gasteiger partial charge in [0.1, 0.15) is 5.52 Å². The van der Waals surface area contributed by atoms with Crippen LogP contribution in [-0.2, 0) is 26.7 Å². The third kappa shape index (κ3) is 5.08. The third-order valence-corrected chi connectivity index (χ3v) is 6.28. The van der Waals surface area contributed by atoms with Crippen LogP contribution in [0.4, 0.5) is 0 Å². The summed E-state index contributed by atoms with van der Waals surface area (Å²) in [6.07, 6.45) is 3.97. The molecule has 0 fully saturated rings. The molecule has 0 aliphatic rings. The van der Waals surface area contributed by atoms with Crippen LogP contribution in [0.5, 0.6) is 0 Å². The Bertz CT molecular complexity index is 704. The fourth-order valence-electron chi connectivity index (χ4n) is 2.52. The van der Waals surface area contributed by atoms with Gasteiger partial charge in [0.15, 0.2) is 17.3 Å². The Labute approximate surface area is 159 Å². The van der Waals surface area contributed by atoms with Gasteiger partial charge in [-0.2, -0.15) is 13.6 Å². The van der Waals surface area contributed by atoms with Crippen molar-refractivity contribution in [3.8, 4) is 0 Å². The summed E-state index contributed by atoms with van der Waals surface area (Å²) in [5.41, 5.74) is 1.68. The molecule has 25 heavy (non-hydrogen) atoms. The van der Waals surface area contributed by atoms with Gasteiger partial charge in [-0.3, -0.25) is 5.41 Å². The van der Waals surface area contributed by atoms with Crippen molar-refractivity contribution in [3.63, 3.8) is 0 Å². The van der Waals surface area contributed by atoms with Crippen molar-refractivity contribution >= 4 is 19.1 Å². The van der Waals surface area contributed by atoms with Crippen LogP contribution in [0.1, 0.15) is 27.7 Å². The molecule has 1 N–H and O–H groups in total. The van der Waals surface area contributed by atoms with E-state index in [0.29, 0.717) is 43.5 Å². The summed E-state index contributed by atoms with van der Waals surface area (Å²) in [7, 11) is -2.40. The smallest absolute Gasteiger partial charge is 0.413 e. The molecule has 2 aromatic heterocycles.